The van der Waals surface area contributed by atoms with Gasteiger partial charge in [-0.15, -0.1) is 0 Å². The van der Waals surface area contributed by atoms with Gasteiger partial charge in [0.05, 0.1) is 30.0 Å². The van der Waals surface area contributed by atoms with Gasteiger partial charge in [-0.1, -0.05) is 24.3 Å². The molecule has 0 saturated heterocycles. The van der Waals surface area contributed by atoms with Crippen molar-refractivity contribution in [1.29, 1.82) is 0 Å². The third-order valence-corrected chi connectivity index (χ3v) is 5.64. The molecule has 0 atom stereocenters. The van der Waals surface area contributed by atoms with Gasteiger partial charge in [0.25, 0.3) is 5.91 Å². The average molecular weight is 546 g/mol. The highest BCUT2D eigenvalue weighted by Gasteiger charge is 2.32. The summed E-state index contributed by atoms with van der Waals surface area (Å²) in [5.74, 6) is -0.217. The van der Waals surface area contributed by atoms with Crippen LogP contribution in [0.2, 0.25) is 0 Å². The van der Waals surface area contributed by atoms with Crippen molar-refractivity contribution in [3.05, 3.63) is 77.1 Å². The molecule has 0 aliphatic rings. The van der Waals surface area contributed by atoms with Gasteiger partial charge in [-0.3, -0.25) is 4.79 Å². The summed E-state index contributed by atoms with van der Waals surface area (Å²) < 4.78 is 54.6. The average Bonchev–Trinajstić information content (AvgIpc) is 2.90. The second-order valence-electron chi connectivity index (χ2n) is 9.03. The SMILES string of the molecule is CCOC(=O)C(C)(C)Oc1ccc(CNC(=O)c2cnc(-c3ccc(C(F)(F)F)cc3)nc2CCOC)cc1. The zero-order chi connectivity index (χ0) is 28.6. The third kappa shape index (κ3) is 8.00. The van der Waals surface area contributed by atoms with Gasteiger partial charge in [0, 0.05) is 31.8 Å². The van der Waals surface area contributed by atoms with Gasteiger partial charge in [-0.25, -0.2) is 14.8 Å². The number of hydrogen-bond donors (Lipinski definition) is 1. The number of esters is 1. The number of nitrogens with zero attached hydrogens (tertiary/aromatic N) is 2. The second kappa shape index (κ2) is 12.7. The Morgan fingerprint density at radius 2 is 1.67 bits per heavy atom. The molecule has 0 fully saturated rings. The highest BCUT2D eigenvalue weighted by atomic mass is 19.4. The summed E-state index contributed by atoms with van der Waals surface area (Å²) in [4.78, 5) is 33.6. The van der Waals surface area contributed by atoms with Crippen molar-refractivity contribution in [2.75, 3.05) is 20.3 Å². The number of ether oxygens (including phenoxy) is 3. The number of carbonyl (C=O) groups is 2. The first kappa shape index (κ1) is 29.6. The van der Waals surface area contributed by atoms with Crippen molar-refractivity contribution < 1.29 is 37.0 Å². The minimum absolute atomic E-state index is 0.199. The summed E-state index contributed by atoms with van der Waals surface area (Å²) in [5.41, 5.74) is -0.115. The zero-order valence-electron chi connectivity index (χ0n) is 22.1. The summed E-state index contributed by atoms with van der Waals surface area (Å²) in [6.07, 6.45) is -2.79. The van der Waals surface area contributed by atoms with Crippen LogP contribution in [0.5, 0.6) is 5.75 Å². The Labute approximate surface area is 224 Å². The molecule has 1 heterocycles. The van der Waals surface area contributed by atoms with Crippen LogP contribution >= 0.6 is 0 Å². The Hall–Kier alpha value is -3.99. The number of aromatic nitrogens is 2. The van der Waals surface area contributed by atoms with Crippen LogP contribution in [0.3, 0.4) is 0 Å². The van der Waals surface area contributed by atoms with E-state index in [4.69, 9.17) is 14.2 Å². The maximum atomic E-state index is 13.0. The van der Waals surface area contributed by atoms with Crippen LogP contribution in [0, 0.1) is 0 Å². The number of alkyl halides is 3. The largest absolute Gasteiger partial charge is 0.476 e. The van der Waals surface area contributed by atoms with Crippen LogP contribution in [0.1, 0.15) is 48.0 Å². The number of hydrogen-bond acceptors (Lipinski definition) is 7. The van der Waals surface area contributed by atoms with Crippen molar-refractivity contribution in [3.8, 4) is 17.1 Å². The van der Waals surface area contributed by atoms with Gasteiger partial charge in [0.1, 0.15) is 5.75 Å². The Morgan fingerprint density at radius 1 is 1.00 bits per heavy atom. The molecule has 11 heteroatoms. The van der Waals surface area contributed by atoms with E-state index in [1.165, 1.54) is 25.4 Å². The number of rotatable bonds is 11. The third-order valence-electron chi connectivity index (χ3n) is 5.64. The van der Waals surface area contributed by atoms with E-state index in [9.17, 15) is 22.8 Å². The van der Waals surface area contributed by atoms with Crippen LogP contribution in [0.4, 0.5) is 13.2 Å². The van der Waals surface area contributed by atoms with Gasteiger partial charge >= 0.3 is 12.1 Å². The lowest BCUT2D eigenvalue weighted by Crippen LogP contribution is -2.39. The molecule has 0 spiro atoms. The van der Waals surface area contributed by atoms with Gasteiger partial charge in [-0.2, -0.15) is 13.2 Å². The van der Waals surface area contributed by atoms with Crippen molar-refractivity contribution >= 4 is 11.9 Å². The van der Waals surface area contributed by atoms with Crippen LogP contribution < -0.4 is 10.1 Å². The van der Waals surface area contributed by atoms with Gasteiger partial charge < -0.3 is 19.5 Å². The van der Waals surface area contributed by atoms with Gasteiger partial charge in [0.2, 0.25) is 0 Å². The molecule has 39 heavy (non-hydrogen) atoms. The monoisotopic (exact) mass is 545 g/mol. The Morgan fingerprint density at radius 3 is 2.26 bits per heavy atom. The summed E-state index contributed by atoms with van der Waals surface area (Å²) in [6, 6.07) is 11.4. The second-order valence-corrected chi connectivity index (χ2v) is 9.03. The fourth-order valence-electron chi connectivity index (χ4n) is 3.54. The molecule has 208 valence electrons. The molecule has 0 radical (unpaired) electrons. The molecular formula is C28H30F3N3O5. The minimum Gasteiger partial charge on any atom is -0.476 e. The molecule has 0 aliphatic carbocycles. The smallest absolute Gasteiger partial charge is 0.416 e. The predicted molar refractivity (Wildman–Crippen MR) is 137 cm³/mol. The fraction of sp³-hybridized carbons (Fsp3) is 0.357. The lowest BCUT2D eigenvalue weighted by Gasteiger charge is -2.24. The molecule has 1 amide bonds. The van der Waals surface area contributed by atoms with Crippen molar-refractivity contribution in [1.82, 2.24) is 15.3 Å². The number of nitrogens with one attached hydrogen (secondary N) is 1. The lowest BCUT2D eigenvalue weighted by molar-refractivity contribution is -0.158. The molecule has 0 aliphatic heterocycles. The van der Waals surface area contributed by atoms with Crippen LogP contribution in [-0.2, 0) is 33.4 Å². The number of carbonyl (C=O) groups excluding carboxylic acids is 2. The van der Waals surface area contributed by atoms with Crippen LogP contribution in [0.25, 0.3) is 11.4 Å². The summed E-state index contributed by atoms with van der Waals surface area (Å²) in [7, 11) is 1.51. The molecule has 1 aromatic heterocycles. The quantitative estimate of drug-likeness (QED) is 0.339. The standard InChI is InChI=1S/C28H30F3N3O5/c1-5-38-26(36)27(2,3)39-21-12-6-18(7-13-21)16-33-25(35)22-17-32-24(34-23(22)14-15-37-4)19-8-10-20(11-9-19)28(29,30)31/h6-13,17H,5,14-16H2,1-4H3,(H,33,35). The molecule has 8 nitrogen and oxygen atoms in total. The molecule has 3 aromatic rings. The zero-order valence-corrected chi connectivity index (χ0v) is 22.1. The molecule has 0 saturated carbocycles. The topological polar surface area (TPSA) is 99.6 Å². The van der Waals surface area contributed by atoms with Crippen molar-refractivity contribution in [2.45, 2.75) is 45.5 Å². The fourth-order valence-corrected chi connectivity index (χ4v) is 3.54. The Kier molecular flexibility index (Phi) is 9.63. The Balaban J connectivity index is 1.70. The summed E-state index contributed by atoms with van der Waals surface area (Å²) >= 11 is 0. The minimum atomic E-state index is -4.45. The van der Waals surface area contributed by atoms with Crippen molar-refractivity contribution in [3.63, 3.8) is 0 Å². The van der Waals surface area contributed by atoms with Crippen molar-refractivity contribution in [2.24, 2.45) is 0 Å². The van der Waals surface area contributed by atoms with E-state index in [0.717, 1.165) is 17.7 Å². The first-order chi connectivity index (χ1) is 18.4. The molecule has 0 unspecified atom stereocenters. The first-order valence-corrected chi connectivity index (χ1v) is 12.2. The number of halogens is 3. The number of methoxy groups -OCH3 is 1. The Bertz CT molecular complexity index is 1280. The van der Waals surface area contributed by atoms with E-state index in [1.54, 1.807) is 45.0 Å². The van der Waals surface area contributed by atoms with Crippen LogP contribution in [0.15, 0.2) is 54.7 Å². The highest BCUT2D eigenvalue weighted by molar-refractivity contribution is 5.95. The first-order valence-electron chi connectivity index (χ1n) is 12.2. The van der Waals surface area contributed by atoms with E-state index in [2.05, 4.69) is 15.3 Å². The van der Waals surface area contributed by atoms with Gasteiger partial charge in [-0.05, 0) is 50.6 Å². The van der Waals surface area contributed by atoms with E-state index in [0.29, 0.717) is 23.4 Å². The molecular weight excluding hydrogens is 515 g/mol. The summed E-state index contributed by atoms with van der Waals surface area (Å²) in [5, 5.41) is 2.82. The number of amides is 1. The van der Waals surface area contributed by atoms with E-state index < -0.39 is 29.2 Å². The lowest BCUT2D eigenvalue weighted by atomic mass is 10.1. The molecule has 2 aromatic carbocycles. The van der Waals surface area contributed by atoms with Gasteiger partial charge in [0.15, 0.2) is 11.4 Å². The maximum absolute atomic E-state index is 13.0. The maximum Gasteiger partial charge on any atom is 0.416 e. The van der Waals surface area contributed by atoms with E-state index in [1.807, 2.05) is 0 Å². The van der Waals surface area contributed by atoms with Crippen LogP contribution in [-0.4, -0.2) is 47.8 Å². The predicted octanol–water partition coefficient (Wildman–Crippen LogP) is 5.00. The molecule has 0 bridgehead atoms. The van der Waals surface area contributed by atoms with E-state index >= 15 is 0 Å². The molecule has 1 N–H and O–H groups in total. The highest BCUT2D eigenvalue weighted by Crippen LogP contribution is 2.30. The number of benzene rings is 2. The normalized spacial score (nSPS) is 11.7. The summed E-state index contributed by atoms with van der Waals surface area (Å²) in [6.45, 7) is 5.69. The molecule has 3 rings (SSSR count). The van der Waals surface area contributed by atoms with E-state index in [-0.39, 0.29) is 31.1 Å².